The van der Waals surface area contributed by atoms with Crippen LogP contribution in [0.1, 0.15) is 103 Å². The fourth-order valence-corrected chi connectivity index (χ4v) is 4.42. The lowest BCUT2D eigenvalue weighted by Gasteiger charge is -2.23. The van der Waals surface area contributed by atoms with E-state index in [2.05, 4.69) is 12.2 Å². The molecule has 0 aliphatic rings. The van der Waals surface area contributed by atoms with Crippen LogP contribution < -0.4 is 5.32 Å². The van der Waals surface area contributed by atoms with Crippen LogP contribution in [0.25, 0.3) is 0 Å². The molecular weight excluding hydrogens is 429 g/mol. The molecule has 1 N–H and O–H groups in total. The van der Waals surface area contributed by atoms with E-state index in [1.54, 1.807) is 18.2 Å². The predicted molar refractivity (Wildman–Crippen MR) is 135 cm³/mol. The highest BCUT2D eigenvalue weighted by Gasteiger charge is 2.23. The van der Waals surface area contributed by atoms with Crippen LogP contribution in [0.2, 0.25) is 0 Å². The van der Waals surface area contributed by atoms with Gasteiger partial charge in [0.25, 0.3) is 5.91 Å². The van der Waals surface area contributed by atoms with Crippen LogP contribution in [0.4, 0.5) is 4.39 Å². The highest BCUT2D eigenvalue weighted by atomic mass is 19.1. The van der Waals surface area contributed by atoms with Crippen molar-refractivity contribution in [1.82, 2.24) is 5.32 Å². The topological polar surface area (TPSA) is 63.2 Å². The minimum absolute atomic E-state index is 0.103. The van der Waals surface area contributed by atoms with Crippen LogP contribution in [0.15, 0.2) is 42.5 Å². The van der Waals surface area contributed by atoms with Gasteiger partial charge in [-0.05, 0) is 73.4 Å². The molecule has 0 bridgehead atoms. The number of ketones is 2. The highest BCUT2D eigenvalue weighted by molar-refractivity contribution is 5.97. The monoisotopic (exact) mass is 467 g/mol. The van der Waals surface area contributed by atoms with Gasteiger partial charge in [0.1, 0.15) is 11.6 Å². The Hall–Kier alpha value is -2.82. The molecule has 0 heterocycles. The fourth-order valence-electron chi connectivity index (χ4n) is 4.42. The van der Waals surface area contributed by atoms with Gasteiger partial charge in [-0.1, -0.05) is 45.4 Å². The summed E-state index contributed by atoms with van der Waals surface area (Å²) in [6.45, 7) is 8.70. The lowest BCUT2D eigenvalue weighted by atomic mass is 9.81. The zero-order valence-electron chi connectivity index (χ0n) is 21.0. The quantitative estimate of drug-likeness (QED) is 0.245. The summed E-state index contributed by atoms with van der Waals surface area (Å²) >= 11 is 0. The van der Waals surface area contributed by atoms with E-state index in [1.165, 1.54) is 12.1 Å². The van der Waals surface area contributed by atoms with Crippen molar-refractivity contribution in [3.63, 3.8) is 0 Å². The third kappa shape index (κ3) is 8.51. The Balaban J connectivity index is 2.26. The summed E-state index contributed by atoms with van der Waals surface area (Å²) in [6, 6.07) is 11.4. The van der Waals surface area contributed by atoms with E-state index in [1.807, 2.05) is 32.9 Å². The maximum Gasteiger partial charge on any atom is 0.251 e. The molecule has 0 aliphatic carbocycles. The van der Waals surface area contributed by atoms with Gasteiger partial charge in [0, 0.05) is 36.9 Å². The van der Waals surface area contributed by atoms with Gasteiger partial charge in [0.2, 0.25) is 0 Å². The summed E-state index contributed by atoms with van der Waals surface area (Å²) in [7, 11) is 0. The first-order valence-corrected chi connectivity index (χ1v) is 12.4. The molecule has 0 saturated carbocycles. The Morgan fingerprint density at radius 1 is 0.971 bits per heavy atom. The number of rotatable bonds is 14. The van der Waals surface area contributed by atoms with E-state index in [-0.39, 0.29) is 35.7 Å². The first kappa shape index (κ1) is 27.4. The standard InChI is InChI=1S/C29H38FNO3/c1-5-7-14-31-29(34)23-12-13-27(21(4)17-23)24(15-20(3)16-26(32)9-6-2)19-28(33)22-10-8-11-25(30)18-22/h8,10-13,17-18,20,24H,5-7,9,14-16,19H2,1-4H3,(H,31,34). The molecule has 0 aromatic heterocycles. The number of amides is 1. The number of unbranched alkanes of at least 4 members (excludes halogenated alkanes) is 1. The summed E-state index contributed by atoms with van der Waals surface area (Å²) in [5.41, 5.74) is 2.87. The molecule has 2 atom stereocenters. The lowest BCUT2D eigenvalue weighted by molar-refractivity contribution is -0.119. The number of carbonyl (C=O) groups is 3. The lowest BCUT2D eigenvalue weighted by Crippen LogP contribution is -2.24. The number of Topliss-reactive ketones (excluding diaryl/α,β-unsaturated/α-hetero) is 2. The molecule has 0 aliphatic heterocycles. The van der Waals surface area contributed by atoms with Gasteiger partial charge < -0.3 is 5.32 Å². The zero-order chi connectivity index (χ0) is 25.1. The van der Waals surface area contributed by atoms with E-state index >= 15 is 0 Å². The summed E-state index contributed by atoms with van der Waals surface area (Å²) < 4.78 is 13.7. The molecule has 4 nitrogen and oxygen atoms in total. The average molecular weight is 468 g/mol. The van der Waals surface area contributed by atoms with Crippen molar-refractivity contribution in [3.05, 3.63) is 70.5 Å². The Bertz CT molecular complexity index is 985. The van der Waals surface area contributed by atoms with E-state index in [9.17, 15) is 18.8 Å². The second-order valence-electron chi connectivity index (χ2n) is 9.35. The van der Waals surface area contributed by atoms with E-state index < -0.39 is 5.82 Å². The molecule has 0 radical (unpaired) electrons. The van der Waals surface area contributed by atoms with E-state index in [0.29, 0.717) is 36.9 Å². The molecule has 184 valence electrons. The summed E-state index contributed by atoms with van der Waals surface area (Å²) in [6.07, 6.45) is 4.71. The Kier molecular flexibility index (Phi) is 11.1. The second-order valence-corrected chi connectivity index (χ2v) is 9.35. The van der Waals surface area contributed by atoms with Crippen LogP contribution in [-0.4, -0.2) is 24.0 Å². The SMILES string of the molecule is CCCCNC(=O)c1ccc(C(CC(=O)c2cccc(F)c2)CC(C)CC(=O)CCC)c(C)c1. The molecule has 2 aromatic carbocycles. The molecule has 0 fully saturated rings. The zero-order valence-corrected chi connectivity index (χ0v) is 21.0. The number of benzene rings is 2. The highest BCUT2D eigenvalue weighted by Crippen LogP contribution is 2.33. The van der Waals surface area contributed by atoms with Gasteiger partial charge in [0.15, 0.2) is 5.78 Å². The number of halogens is 1. The van der Waals surface area contributed by atoms with Crippen LogP contribution in [0.5, 0.6) is 0 Å². The minimum Gasteiger partial charge on any atom is -0.352 e. The van der Waals surface area contributed by atoms with Gasteiger partial charge in [-0.2, -0.15) is 0 Å². The second kappa shape index (κ2) is 13.8. The predicted octanol–water partition coefficient (Wildman–Crippen LogP) is 6.81. The Morgan fingerprint density at radius 2 is 1.74 bits per heavy atom. The molecule has 5 heteroatoms. The van der Waals surface area contributed by atoms with Crippen LogP contribution in [-0.2, 0) is 4.79 Å². The van der Waals surface area contributed by atoms with Crippen molar-refractivity contribution in [3.8, 4) is 0 Å². The van der Waals surface area contributed by atoms with Crippen molar-refractivity contribution in [2.75, 3.05) is 6.54 Å². The van der Waals surface area contributed by atoms with Crippen molar-refractivity contribution in [1.29, 1.82) is 0 Å². The molecule has 2 aromatic rings. The largest absolute Gasteiger partial charge is 0.352 e. The minimum atomic E-state index is -0.435. The maximum absolute atomic E-state index is 13.7. The molecule has 2 unspecified atom stereocenters. The van der Waals surface area contributed by atoms with Crippen LogP contribution >= 0.6 is 0 Å². The maximum atomic E-state index is 13.7. The van der Waals surface area contributed by atoms with E-state index in [0.717, 1.165) is 30.4 Å². The molecule has 1 amide bonds. The summed E-state index contributed by atoms with van der Waals surface area (Å²) in [5, 5.41) is 2.93. The van der Waals surface area contributed by atoms with Crippen LogP contribution in [0.3, 0.4) is 0 Å². The van der Waals surface area contributed by atoms with Gasteiger partial charge in [-0.15, -0.1) is 0 Å². The molecule has 2 rings (SSSR count). The first-order valence-electron chi connectivity index (χ1n) is 12.4. The van der Waals surface area contributed by atoms with Crippen molar-refractivity contribution in [2.45, 2.75) is 78.6 Å². The Labute approximate surface area is 203 Å². The van der Waals surface area contributed by atoms with Gasteiger partial charge >= 0.3 is 0 Å². The molecule has 34 heavy (non-hydrogen) atoms. The smallest absolute Gasteiger partial charge is 0.251 e. The number of aryl methyl sites for hydroxylation is 1. The van der Waals surface area contributed by atoms with Gasteiger partial charge in [0.05, 0.1) is 0 Å². The third-order valence-electron chi connectivity index (χ3n) is 6.16. The fraction of sp³-hybridized carbons (Fsp3) is 0.483. The summed E-state index contributed by atoms with van der Waals surface area (Å²) in [4.78, 5) is 37.7. The number of nitrogens with one attached hydrogen (secondary N) is 1. The van der Waals surface area contributed by atoms with Crippen LogP contribution in [0, 0.1) is 18.7 Å². The number of hydrogen-bond acceptors (Lipinski definition) is 3. The van der Waals surface area contributed by atoms with E-state index in [4.69, 9.17) is 0 Å². The Morgan fingerprint density at radius 3 is 2.38 bits per heavy atom. The van der Waals surface area contributed by atoms with Gasteiger partial charge in [-0.3, -0.25) is 14.4 Å². The normalized spacial score (nSPS) is 12.7. The third-order valence-corrected chi connectivity index (χ3v) is 6.16. The van der Waals surface area contributed by atoms with Crippen molar-refractivity contribution in [2.24, 2.45) is 5.92 Å². The number of carbonyl (C=O) groups excluding carboxylic acids is 3. The van der Waals surface area contributed by atoms with Gasteiger partial charge in [-0.25, -0.2) is 4.39 Å². The first-order chi connectivity index (χ1) is 16.2. The summed E-state index contributed by atoms with van der Waals surface area (Å²) in [5.74, 6) is -0.443. The molecular formula is C29H38FNO3. The molecule has 0 saturated heterocycles. The number of hydrogen-bond donors (Lipinski definition) is 1. The van der Waals surface area contributed by atoms with Crippen molar-refractivity contribution < 1.29 is 18.8 Å². The van der Waals surface area contributed by atoms with Crippen molar-refractivity contribution >= 4 is 17.5 Å². The average Bonchev–Trinajstić information content (AvgIpc) is 2.78. The molecule has 0 spiro atoms.